The summed E-state index contributed by atoms with van der Waals surface area (Å²) in [5.41, 5.74) is 1.50. The lowest BCUT2D eigenvalue weighted by Gasteiger charge is -1.94. The number of imidazole rings is 1. The standard InChI is InChI=1S/C12H15F2N2/c1-4-15-8(3)16(5-2)12-7-10(14)9(13)6-11(12)15/h6-7H,4-5H2,1-3H3/q+1. The Kier molecular flexibility index (Phi) is 2.66. The second kappa shape index (κ2) is 3.85. The number of rotatable bonds is 2. The molecule has 0 atom stereocenters. The summed E-state index contributed by atoms with van der Waals surface area (Å²) >= 11 is 0. The number of nitrogens with zero attached hydrogens (tertiary/aromatic N) is 2. The van der Waals surface area contributed by atoms with Gasteiger partial charge < -0.3 is 0 Å². The molecule has 0 saturated carbocycles. The Morgan fingerprint density at radius 3 is 2.38 bits per heavy atom. The SMILES string of the molecule is CCn1c(C)[n+](CC)c2cc(F)c(F)cc21. The normalized spacial score (nSPS) is 11.3. The van der Waals surface area contributed by atoms with E-state index < -0.39 is 11.6 Å². The summed E-state index contributed by atoms with van der Waals surface area (Å²) in [5.74, 6) is -0.559. The minimum atomic E-state index is -0.789. The number of hydrogen-bond donors (Lipinski definition) is 0. The zero-order valence-corrected chi connectivity index (χ0v) is 9.72. The van der Waals surface area contributed by atoms with E-state index in [0.29, 0.717) is 0 Å². The van der Waals surface area contributed by atoms with Crippen molar-refractivity contribution in [3.8, 4) is 0 Å². The van der Waals surface area contributed by atoms with Gasteiger partial charge in [0.15, 0.2) is 22.7 Å². The van der Waals surface area contributed by atoms with E-state index in [1.165, 1.54) is 12.1 Å². The van der Waals surface area contributed by atoms with Crippen LogP contribution >= 0.6 is 0 Å². The van der Waals surface area contributed by atoms with Crippen molar-refractivity contribution >= 4 is 11.0 Å². The lowest BCUT2D eigenvalue weighted by Crippen LogP contribution is -2.35. The summed E-state index contributed by atoms with van der Waals surface area (Å²) in [6, 6.07) is 2.54. The van der Waals surface area contributed by atoms with Gasteiger partial charge in [0.05, 0.1) is 13.1 Å². The van der Waals surface area contributed by atoms with Gasteiger partial charge in [0.2, 0.25) is 0 Å². The predicted molar refractivity (Wildman–Crippen MR) is 58.1 cm³/mol. The highest BCUT2D eigenvalue weighted by Crippen LogP contribution is 2.18. The monoisotopic (exact) mass is 225 g/mol. The third-order valence-electron chi connectivity index (χ3n) is 3.01. The molecule has 0 radical (unpaired) electrons. The van der Waals surface area contributed by atoms with Gasteiger partial charge in [-0.25, -0.2) is 17.9 Å². The van der Waals surface area contributed by atoms with Gasteiger partial charge in [-0.05, 0) is 13.8 Å². The van der Waals surface area contributed by atoms with E-state index in [0.717, 1.165) is 29.9 Å². The van der Waals surface area contributed by atoms with Gasteiger partial charge in [0.25, 0.3) is 5.82 Å². The van der Waals surface area contributed by atoms with E-state index in [2.05, 4.69) is 0 Å². The molecule has 0 aliphatic heterocycles. The van der Waals surface area contributed by atoms with E-state index >= 15 is 0 Å². The molecule has 0 aliphatic rings. The molecule has 2 nitrogen and oxygen atoms in total. The first kappa shape index (κ1) is 11.0. The Hall–Kier alpha value is -1.45. The van der Waals surface area contributed by atoms with Crippen molar-refractivity contribution in [1.29, 1.82) is 0 Å². The second-order valence-electron chi connectivity index (χ2n) is 3.79. The van der Waals surface area contributed by atoms with Crippen LogP contribution in [0, 0.1) is 18.6 Å². The van der Waals surface area contributed by atoms with Crippen molar-refractivity contribution in [2.75, 3.05) is 0 Å². The van der Waals surface area contributed by atoms with Gasteiger partial charge in [-0.3, -0.25) is 0 Å². The van der Waals surface area contributed by atoms with Crippen molar-refractivity contribution in [1.82, 2.24) is 4.57 Å². The lowest BCUT2D eigenvalue weighted by atomic mass is 10.3. The molecule has 0 unspecified atom stereocenters. The molecule has 0 bridgehead atoms. The number of halogens is 2. The average Bonchev–Trinajstić information content (AvgIpc) is 2.50. The summed E-state index contributed by atoms with van der Waals surface area (Å²) in [6.45, 7) is 7.45. The van der Waals surface area contributed by atoms with Crippen LogP contribution < -0.4 is 4.57 Å². The van der Waals surface area contributed by atoms with Crippen LogP contribution in [0.3, 0.4) is 0 Å². The van der Waals surface area contributed by atoms with E-state index in [4.69, 9.17) is 0 Å². The van der Waals surface area contributed by atoms with Gasteiger partial charge in [-0.1, -0.05) is 0 Å². The molecule has 0 fully saturated rings. The minimum Gasteiger partial charge on any atom is -0.228 e. The van der Waals surface area contributed by atoms with E-state index in [9.17, 15) is 8.78 Å². The first-order valence-electron chi connectivity index (χ1n) is 5.47. The summed E-state index contributed by atoms with van der Waals surface area (Å²) in [6.07, 6.45) is 0. The second-order valence-corrected chi connectivity index (χ2v) is 3.79. The highest BCUT2D eigenvalue weighted by atomic mass is 19.2. The largest absolute Gasteiger partial charge is 0.254 e. The Bertz CT molecular complexity index is 497. The van der Waals surface area contributed by atoms with E-state index in [-0.39, 0.29) is 0 Å². The highest BCUT2D eigenvalue weighted by molar-refractivity contribution is 5.72. The van der Waals surface area contributed by atoms with Crippen LogP contribution in [-0.2, 0) is 13.1 Å². The molecule has 1 heterocycles. The first-order chi connectivity index (χ1) is 7.60. The van der Waals surface area contributed by atoms with Crippen LogP contribution in [0.15, 0.2) is 12.1 Å². The first-order valence-corrected chi connectivity index (χ1v) is 5.47. The average molecular weight is 225 g/mol. The van der Waals surface area contributed by atoms with Crippen molar-refractivity contribution in [2.24, 2.45) is 0 Å². The van der Waals surface area contributed by atoms with Crippen LogP contribution in [0.5, 0.6) is 0 Å². The number of aromatic nitrogens is 2. The summed E-state index contributed by atoms with van der Waals surface area (Å²) in [7, 11) is 0. The molecule has 0 amide bonds. The molecule has 4 heteroatoms. The molecule has 2 rings (SSSR count). The van der Waals surface area contributed by atoms with Gasteiger partial charge >= 0.3 is 0 Å². The Morgan fingerprint density at radius 2 is 1.81 bits per heavy atom. The van der Waals surface area contributed by atoms with Crippen molar-refractivity contribution in [2.45, 2.75) is 33.9 Å². The molecule has 0 saturated heterocycles. The molecule has 1 aromatic heterocycles. The zero-order chi connectivity index (χ0) is 11.9. The molecule has 86 valence electrons. The van der Waals surface area contributed by atoms with Crippen LogP contribution in [0.25, 0.3) is 11.0 Å². The Morgan fingerprint density at radius 1 is 1.19 bits per heavy atom. The molecular weight excluding hydrogens is 210 g/mol. The van der Waals surface area contributed by atoms with Gasteiger partial charge in [0, 0.05) is 19.1 Å². The topological polar surface area (TPSA) is 8.81 Å². The van der Waals surface area contributed by atoms with Crippen LogP contribution in [0.1, 0.15) is 19.7 Å². The molecule has 2 aromatic rings. The maximum atomic E-state index is 13.2. The molecule has 0 N–H and O–H groups in total. The molecule has 0 aliphatic carbocycles. The van der Waals surface area contributed by atoms with Crippen molar-refractivity contribution in [3.63, 3.8) is 0 Å². The molecule has 1 aromatic carbocycles. The molecular formula is C12H15F2N2+. The maximum Gasteiger partial charge on any atom is 0.254 e. The summed E-state index contributed by atoms with van der Waals surface area (Å²) in [4.78, 5) is 0. The number of aryl methyl sites for hydroxylation is 2. The Labute approximate surface area is 93.1 Å². The lowest BCUT2D eigenvalue weighted by molar-refractivity contribution is -0.675. The van der Waals surface area contributed by atoms with Crippen LogP contribution in [0.4, 0.5) is 8.78 Å². The zero-order valence-electron chi connectivity index (χ0n) is 9.72. The van der Waals surface area contributed by atoms with E-state index in [1.807, 2.05) is 29.9 Å². The van der Waals surface area contributed by atoms with Crippen molar-refractivity contribution in [3.05, 3.63) is 29.6 Å². The fourth-order valence-corrected chi connectivity index (χ4v) is 2.25. The third-order valence-corrected chi connectivity index (χ3v) is 3.01. The number of hydrogen-bond acceptors (Lipinski definition) is 0. The maximum absolute atomic E-state index is 13.2. The van der Waals surface area contributed by atoms with E-state index in [1.54, 1.807) is 0 Å². The Balaban J connectivity index is 2.89. The number of fused-ring (bicyclic) bond motifs is 1. The summed E-state index contributed by atoms with van der Waals surface area (Å²) < 4.78 is 30.4. The fraction of sp³-hybridized carbons (Fsp3) is 0.417. The predicted octanol–water partition coefficient (Wildman–Crippen LogP) is 2.56. The number of benzene rings is 1. The third kappa shape index (κ3) is 1.40. The van der Waals surface area contributed by atoms with Gasteiger partial charge in [0.1, 0.15) is 0 Å². The smallest absolute Gasteiger partial charge is 0.228 e. The minimum absolute atomic E-state index is 0.750. The highest BCUT2D eigenvalue weighted by Gasteiger charge is 2.21. The molecule has 16 heavy (non-hydrogen) atoms. The van der Waals surface area contributed by atoms with Gasteiger partial charge in [-0.15, -0.1) is 0 Å². The van der Waals surface area contributed by atoms with Crippen molar-refractivity contribution < 1.29 is 13.3 Å². The van der Waals surface area contributed by atoms with Gasteiger partial charge in [-0.2, -0.15) is 0 Å². The quantitative estimate of drug-likeness (QED) is 0.694. The van der Waals surface area contributed by atoms with Crippen LogP contribution in [-0.4, -0.2) is 4.57 Å². The molecule has 0 spiro atoms. The van der Waals surface area contributed by atoms with Crippen LogP contribution in [0.2, 0.25) is 0 Å². The fourth-order valence-electron chi connectivity index (χ4n) is 2.25. The summed E-state index contributed by atoms with van der Waals surface area (Å²) in [5, 5.41) is 0.